The Hall–Kier alpha value is -3.49. The van der Waals surface area contributed by atoms with Crippen molar-refractivity contribution in [2.24, 2.45) is 0 Å². The molecule has 0 saturated carbocycles. The fourth-order valence-electron chi connectivity index (χ4n) is 4.68. The Bertz CT molecular complexity index is 1480. The van der Waals surface area contributed by atoms with Gasteiger partial charge in [-0.1, -0.05) is 59.6 Å². The van der Waals surface area contributed by atoms with Gasteiger partial charge in [-0.05, 0) is 71.9 Å². The van der Waals surface area contributed by atoms with E-state index in [1.165, 1.54) is 4.52 Å². The third-order valence-electron chi connectivity index (χ3n) is 6.99. The molecule has 0 aliphatic rings. The van der Waals surface area contributed by atoms with Crippen molar-refractivity contribution >= 4 is 23.2 Å². The molecule has 2 aromatic carbocycles. The molecule has 9 heteroatoms. The van der Waals surface area contributed by atoms with Crippen molar-refractivity contribution in [1.29, 1.82) is 0 Å². The second kappa shape index (κ2) is 12.6. The van der Waals surface area contributed by atoms with Gasteiger partial charge in [0.2, 0.25) is 0 Å². The van der Waals surface area contributed by atoms with Crippen molar-refractivity contribution < 1.29 is 4.79 Å². The molecule has 0 saturated heterocycles. The summed E-state index contributed by atoms with van der Waals surface area (Å²) in [5, 5.41) is 4.70. The van der Waals surface area contributed by atoms with Gasteiger partial charge in [-0.15, -0.1) is 0 Å². The average Bonchev–Trinajstić information content (AvgIpc) is 3.21. The molecule has 0 bridgehead atoms. The number of carbonyl (C=O) groups excluding carboxylic acids is 1. The molecule has 0 N–H and O–H groups in total. The van der Waals surface area contributed by atoms with Crippen molar-refractivity contribution in [2.45, 2.75) is 52.6 Å². The predicted octanol–water partition coefficient (Wildman–Crippen LogP) is 4.62. The van der Waals surface area contributed by atoms with E-state index in [4.69, 9.17) is 16.6 Å². The molecule has 8 nitrogen and oxygen atoms in total. The summed E-state index contributed by atoms with van der Waals surface area (Å²) in [6, 6.07) is 17.5. The normalized spacial score (nSPS) is 12.3. The van der Waals surface area contributed by atoms with Gasteiger partial charge < -0.3 is 9.80 Å². The minimum Gasteiger partial charge on any atom is -0.336 e. The molecule has 1 atom stereocenters. The summed E-state index contributed by atoms with van der Waals surface area (Å²) >= 11 is 6.46. The van der Waals surface area contributed by atoms with Crippen LogP contribution in [0.2, 0.25) is 5.02 Å². The highest BCUT2D eigenvalue weighted by molar-refractivity contribution is 6.34. The van der Waals surface area contributed by atoms with Gasteiger partial charge in [-0.2, -0.15) is 9.61 Å². The van der Waals surface area contributed by atoms with Crippen LogP contribution in [0.15, 0.2) is 59.4 Å². The smallest absolute Gasteiger partial charge is 0.336 e. The van der Waals surface area contributed by atoms with Gasteiger partial charge in [0.25, 0.3) is 5.91 Å². The van der Waals surface area contributed by atoms with Gasteiger partial charge in [-0.3, -0.25) is 9.36 Å². The van der Waals surface area contributed by atoms with E-state index in [0.717, 1.165) is 24.1 Å². The molecule has 2 heterocycles. The zero-order valence-corrected chi connectivity index (χ0v) is 24.1. The monoisotopic (exact) mass is 548 g/mol. The van der Waals surface area contributed by atoms with Crippen LogP contribution >= 0.6 is 11.6 Å². The molecule has 39 heavy (non-hydrogen) atoms. The molecule has 0 aliphatic carbocycles. The standard InChI is InChI=1S/C30H37ClN6O2/c1-21-12-15-25(16-13-21)29(38)35(19-9-18-34(4)5)22(2)14-17-26-32-28-27(31)23(3)33-37(28)30(39)36(26)20-24-10-7-6-8-11-24/h6-8,10-13,15-16,22H,9,14,17-20H2,1-5H3/t22-/m1/s1. The van der Waals surface area contributed by atoms with Crippen LogP contribution in [-0.2, 0) is 13.0 Å². The first-order valence-corrected chi connectivity index (χ1v) is 13.7. The fraction of sp³-hybridized carbons (Fsp3) is 0.400. The fourth-order valence-corrected chi connectivity index (χ4v) is 4.84. The number of hydrogen-bond donors (Lipinski definition) is 0. The van der Waals surface area contributed by atoms with Crippen LogP contribution in [-0.4, -0.2) is 68.1 Å². The molecule has 0 fully saturated rings. The Balaban J connectivity index is 1.63. The van der Waals surface area contributed by atoms with Crippen LogP contribution in [0.3, 0.4) is 0 Å². The summed E-state index contributed by atoms with van der Waals surface area (Å²) in [4.78, 5) is 36.0. The lowest BCUT2D eigenvalue weighted by atomic mass is 10.1. The number of carbonyl (C=O) groups is 1. The molecule has 0 aliphatic heterocycles. The first-order chi connectivity index (χ1) is 18.7. The molecular formula is C30H37ClN6O2. The summed E-state index contributed by atoms with van der Waals surface area (Å²) in [7, 11) is 4.07. The van der Waals surface area contributed by atoms with E-state index >= 15 is 0 Å². The number of rotatable bonds is 11. The number of hydrogen-bond acceptors (Lipinski definition) is 5. The Morgan fingerprint density at radius 2 is 1.72 bits per heavy atom. The lowest BCUT2D eigenvalue weighted by Gasteiger charge is -2.30. The van der Waals surface area contributed by atoms with Gasteiger partial charge in [0.05, 0.1) is 12.2 Å². The Morgan fingerprint density at radius 3 is 2.38 bits per heavy atom. The van der Waals surface area contributed by atoms with Gasteiger partial charge >= 0.3 is 5.69 Å². The average molecular weight is 549 g/mol. The maximum atomic E-state index is 13.6. The number of fused-ring (bicyclic) bond motifs is 1. The first kappa shape index (κ1) is 28.5. The number of aryl methyl sites for hydroxylation is 3. The van der Waals surface area contributed by atoms with E-state index in [0.29, 0.717) is 53.7 Å². The minimum atomic E-state index is -0.278. The van der Waals surface area contributed by atoms with Crippen LogP contribution < -0.4 is 5.69 Å². The van der Waals surface area contributed by atoms with E-state index in [2.05, 4.69) is 16.9 Å². The molecule has 0 radical (unpaired) electrons. The molecule has 4 rings (SSSR count). The molecule has 4 aromatic rings. The van der Waals surface area contributed by atoms with Gasteiger partial charge in [0, 0.05) is 24.6 Å². The molecular weight excluding hydrogens is 512 g/mol. The largest absolute Gasteiger partial charge is 0.352 e. The summed E-state index contributed by atoms with van der Waals surface area (Å²) in [5.74, 6) is 0.641. The second-order valence-corrected chi connectivity index (χ2v) is 10.8. The van der Waals surface area contributed by atoms with Crippen molar-refractivity contribution in [3.05, 3.63) is 98.3 Å². The maximum absolute atomic E-state index is 13.6. The number of nitrogens with zero attached hydrogens (tertiary/aromatic N) is 6. The quantitative estimate of drug-likeness (QED) is 0.273. The number of halogens is 1. The zero-order valence-electron chi connectivity index (χ0n) is 23.4. The lowest BCUT2D eigenvalue weighted by Crippen LogP contribution is -2.41. The second-order valence-electron chi connectivity index (χ2n) is 10.4. The number of aromatic nitrogens is 4. The van der Waals surface area contributed by atoms with Gasteiger partial charge in [-0.25, -0.2) is 9.78 Å². The lowest BCUT2D eigenvalue weighted by molar-refractivity contribution is 0.0676. The molecule has 0 unspecified atom stereocenters. The third-order valence-corrected chi connectivity index (χ3v) is 7.43. The molecule has 2 aromatic heterocycles. The zero-order chi connectivity index (χ0) is 28.1. The summed E-state index contributed by atoms with van der Waals surface area (Å²) in [6.45, 7) is 7.75. The molecule has 1 amide bonds. The van der Waals surface area contributed by atoms with Crippen LogP contribution in [0.1, 0.15) is 52.8 Å². The minimum absolute atomic E-state index is 0.0146. The highest BCUT2D eigenvalue weighted by atomic mass is 35.5. The summed E-state index contributed by atoms with van der Waals surface area (Å²) in [5.41, 5.74) is 3.44. The predicted molar refractivity (Wildman–Crippen MR) is 156 cm³/mol. The van der Waals surface area contributed by atoms with Gasteiger partial charge in [0.1, 0.15) is 10.8 Å². The Morgan fingerprint density at radius 1 is 1.03 bits per heavy atom. The van der Waals surface area contributed by atoms with E-state index in [9.17, 15) is 9.59 Å². The maximum Gasteiger partial charge on any atom is 0.352 e. The number of amides is 1. The van der Waals surface area contributed by atoms with E-state index < -0.39 is 0 Å². The van der Waals surface area contributed by atoms with Crippen LogP contribution in [0.4, 0.5) is 0 Å². The molecule has 0 spiro atoms. The van der Waals surface area contributed by atoms with Gasteiger partial charge in [0.15, 0.2) is 5.65 Å². The molecule has 206 valence electrons. The highest BCUT2D eigenvalue weighted by Gasteiger charge is 2.23. The highest BCUT2D eigenvalue weighted by Crippen LogP contribution is 2.20. The van der Waals surface area contributed by atoms with Crippen LogP contribution in [0, 0.1) is 13.8 Å². The van der Waals surface area contributed by atoms with E-state index in [1.54, 1.807) is 11.5 Å². The summed E-state index contributed by atoms with van der Waals surface area (Å²) < 4.78 is 2.94. The number of benzene rings is 2. The Labute approximate surface area is 234 Å². The van der Waals surface area contributed by atoms with E-state index in [-0.39, 0.29) is 17.6 Å². The van der Waals surface area contributed by atoms with Crippen molar-refractivity contribution in [1.82, 2.24) is 29.0 Å². The van der Waals surface area contributed by atoms with Crippen molar-refractivity contribution in [3.8, 4) is 0 Å². The van der Waals surface area contributed by atoms with Crippen molar-refractivity contribution in [2.75, 3.05) is 27.2 Å². The SMILES string of the molecule is Cc1ccc(C(=O)N(CCCN(C)C)[C@H](C)CCc2nc3c(Cl)c(C)nn3c(=O)n2Cc2ccccc2)cc1. The third kappa shape index (κ3) is 6.75. The van der Waals surface area contributed by atoms with Crippen molar-refractivity contribution in [3.63, 3.8) is 0 Å². The van der Waals surface area contributed by atoms with Crippen LogP contribution in [0.25, 0.3) is 5.65 Å². The Kier molecular flexibility index (Phi) is 9.20. The van der Waals surface area contributed by atoms with Crippen LogP contribution in [0.5, 0.6) is 0 Å². The summed E-state index contributed by atoms with van der Waals surface area (Å²) in [6.07, 6.45) is 2.01. The first-order valence-electron chi connectivity index (χ1n) is 13.4. The van der Waals surface area contributed by atoms with E-state index in [1.807, 2.05) is 80.5 Å². The topological polar surface area (TPSA) is 75.7 Å².